The third kappa shape index (κ3) is 2.07. The van der Waals surface area contributed by atoms with Crippen molar-refractivity contribution >= 4 is 17.1 Å². The van der Waals surface area contributed by atoms with E-state index in [1.807, 2.05) is 0 Å². The Morgan fingerprint density at radius 2 is 2.33 bits per heavy atom. The second kappa shape index (κ2) is 4.27. The molecule has 1 heterocycles. The first kappa shape index (κ1) is 9.92. The van der Waals surface area contributed by atoms with Crippen LogP contribution in [-0.4, -0.2) is 18.1 Å². The Morgan fingerprint density at radius 3 is 3.07 bits per heavy atom. The van der Waals surface area contributed by atoms with Crippen LogP contribution < -0.4 is 11.1 Å². The van der Waals surface area contributed by atoms with Gasteiger partial charge in [-0.25, -0.2) is 4.39 Å². The van der Waals surface area contributed by atoms with Crippen molar-refractivity contribution in [2.45, 2.75) is 6.42 Å². The molecule has 0 aliphatic heterocycles. The standard InChI is InChI=1S/C10H12FN3O/c11-7-3-1-4-8-9(7)15-10(14-8)13-6-2-5-12/h1,3-4H,2,5-6,12H2,(H,13,14). The number of anilines is 1. The minimum Gasteiger partial charge on any atom is -0.420 e. The molecular formula is C10H12FN3O. The Balaban J connectivity index is 2.20. The van der Waals surface area contributed by atoms with Crippen LogP contribution >= 0.6 is 0 Å². The highest BCUT2D eigenvalue weighted by molar-refractivity contribution is 5.74. The van der Waals surface area contributed by atoms with E-state index in [0.29, 0.717) is 24.6 Å². The number of nitrogens with one attached hydrogen (secondary N) is 1. The molecule has 0 bridgehead atoms. The first-order valence-corrected chi connectivity index (χ1v) is 4.80. The molecule has 1 aromatic carbocycles. The summed E-state index contributed by atoms with van der Waals surface area (Å²) in [5.74, 6) is -0.396. The first-order chi connectivity index (χ1) is 7.31. The number of halogens is 1. The van der Waals surface area contributed by atoms with Crippen molar-refractivity contribution in [3.05, 3.63) is 24.0 Å². The van der Waals surface area contributed by atoms with Crippen molar-refractivity contribution in [3.8, 4) is 0 Å². The lowest BCUT2D eigenvalue weighted by molar-refractivity contribution is 0.562. The molecule has 0 saturated heterocycles. The van der Waals surface area contributed by atoms with E-state index in [4.69, 9.17) is 10.2 Å². The third-order valence-electron chi connectivity index (χ3n) is 2.02. The highest BCUT2D eigenvalue weighted by Gasteiger charge is 2.08. The van der Waals surface area contributed by atoms with Gasteiger partial charge in [0.05, 0.1) is 0 Å². The molecule has 3 N–H and O–H groups in total. The largest absolute Gasteiger partial charge is 0.420 e. The second-order valence-electron chi connectivity index (χ2n) is 3.18. The maximum Gasteiger partial charge on any atom is 0.295 e. The van der Waals surface area contributed by atoms with Crippen molar-refractivity contribution in [2.24, 2.45) is 5.73 Å². The van der Waals surface area contributed by atoms with Crippen LogP contribution in [0.4, 0.5) is 10.4 Å². The summed E-state index contributed by atoms with van der Waals surface area (Å²) in [5, 5.41) is 2.94. The number of hydrogen-bond donors (Lipinski definition) is 2. The third-order valence-corrected chi connectivity index (χ3v) is 2.02. The summed E-state index contributed by atoms with van der Waals surface area (Å²) < 4.78 is 18.4. The molecule has 0 spiro atoms. The van der Waals surface area contributed by atoms with Gasteiger partial charge in [-0.2, -0.15) is 4.98 Å². The fourth-order valence-corrected chi connectivity index (χ4v) is 1.29. The number of nitrogens with two attached hydrogens (primary N) is 1. The van der Waals surface area contributed by atoms with Gasteiger partial charge in [0.25, 0.3) is 6.01 Å². The Hall–Kier alpha value is -1.62. The van der Waals surface area contributed by atoms with Crippen molar-refractivity contribution in [1.82, 2.24) is 4.98 Å². The highest BCUT2D eigenvalue weighted by atomic mass is 19.1. The zero-order chi connectivity index (χ0) is 10.7. The van der Waals surface area contributed by atoms with Gasteiger partial charge in [-0.05, 0) is 25.1 Å². The van der Waals surface area contributed by atoms with Crippen LogP contribution in [-0.2, 0) is 0 Å². The lowest BCUT2D eigenvalue weighted by Crippen LogP contribution is -2.08. The minimum atomic E-state index is -0.396. The summed E-state index contributed by atoms with van der Waals surface area (Å²) in [6.45, 7) is 1.27. The Labute approximate surface area is 86.3 Å². The number of rotatable bonds is 4. The topological polar surface area (TPSA) is 64.1 Å². The second-order valence-corrected chi connectivity index (χ2v) is 3.18. The molecule has 1 aromatic heterocycles. The van der Waals surface area contributed by atoms with Crippen LogP contribution in [0.25, 0.3) is 11.1 Å². The Kier molecular flexibility index (Phi) is 2.82. The van der Waals surface area contributed by atoms with Gasteiger partial charge in [-0.3, -0.25) is 0 Å². The van der Waals surface area contributed by atoms with E-state index >= 15 is 0 Å². The number of oxazole rings is 1. The van der Waals surface area contributed by atoms with Crippen molar-refractivity contribution in [2.75, 3.05) is 18.4 Å². The lowest BCUT2D eigenvalue weighted by Gasteiger charge is -1.97. The smallest absolute Gasteiger partial charge is 0.295 e. The van der Waals surface area contributed by atoms with E-state index in [1.165, 1.54) is 6.07 Å². The highest BCUT2D eigenvalue weighted by Crippen LogP contribution is 2.21. The van der Waals surface area contributed by atoms with E-state index < -0.39 is 5.82 Å². The summed E-state index contributed by atoms with van der Waals surface area (Å²) in [5.41, 5.74) is 6.05. The SMILES string of the molecule is NCCCNc1nc2cccc(F)c2o1. The number of hydrogen-bond acceptors (Lipinski definition) is 4. The molecule has 0 saturated carbocycles. The summed E-state index contributed by atoms with van der Waals surface area (Å²) in [4.78, 5) is 4.09. The number of para-hydroxylation sites is 1. The number of nitrogens with zero attached hydrogens (tertiary/aromatic N) is 1. The number of aromatic nitrogens is 1. The van der Waals surface area contributed by atoms with E-state index in [9.17, 15) is 4.39 Å². The van der Waals surface area contributed by atoms with Crippen molar-refractivity contribution in [1.29, 1.82) is 0 Å². The van der Waals surface area contributed by atoms with Crippen LogP contribution in [0.3, 0.4) is 0 Å². The minimum absolute atomic E-state index is 0.188. The van der Waals surface area contributed by atoms with Gasteiger partial charge >= 0.3 is 0 Å². The van der Waals surface area contributed by atoms with Gasteiger partial charge in [0, 0.05) is 6.54 Å². The Bertz CT molecular complexity index is 455. The maximum atomic E-state index is 13.2. The molecule has 5 heteroatoms. The molecule has 0 amide bonds. The predicted molar refractivity (Wildman–Crippen MR) is 56.1 cm³/mol. The van der Waals surface area contributed by atoms with Crippen LogP contribution in [0.1, 0.15) is 6.42 Å². The van der Waals surface area contributed by atoms with Crippen molar-refractivity contribution in [3.63, 3.8) is 0 Å². The molecule has 2 rings (SSSR count). The van der Waals surface area contributed by atoms with Crippen LogP contribution in [0, 0.1) is 5.82 Å². The van der Waals surface area contributed by atoms with Gasteiger partial charge in [-0.15, -0.1) is 0 Å². The normalized spacial score (nSPS) is 10.8. The molecule has 0 aliphatic carbocycles. The van der Waals surface area contributed by atoms with E-state index in [1.54, 1.807) is 12.1 Å². The molecule has 0 unspecified atom stereocenters. The molecule has 0 atom stereocenters. The zero-order valence-corrected chi connectivity index (χ0v) is 8.16. The van der Waals surface area contributed by atoms with Gasteiger partial charge in [-0.1, -0.05) is 6.07 Å². The van der Waals surface area contributed by atoms with E-state index in [-0.39, 0.29) is 5.58 Å². The monoisotopic (exact) mass is 209 g/mol. The summed E-state index contributed by atoms with van der Waals surface area (Å²) in [6, 6.07) is 4.99. The number of benzene rings is 1. The number of fused-ring (bicyclic) bond motifs is 1. The molecule has 80 valence electrons. The van der Waals surface area contributed by atoms with Gasteiger partial charge < -0.3 is 15.5 Å². The van der Waals surface area contributed by atoms with Crippen LogP contribution in [0.15, 0.2) is 22.6 Å². The summed E-state index contributed by atoms with van der Waals surface area (Å²) in [6.07, 6.45) is 0.821. The van der Waals surface area contributed by atoms with Crippen LogP contribution in [0.2, 0.25) is 0 Å². The average Bonchev–Trinajstić information content (AvgIpc) is 2.63. The Morgan fingerprint density at radius 1 is 1.47 bits per heavy atom. The quantitative estimate of drug-likeness (QED) is 0.752. The van der Waals surface area contributed by atoms with Crippen LogP contribution in [0.5, 0.6) is 0 Å². The summed E-state index contributed by atoms with van der Waals surface area (Å²) in [7, 11) is 0. The van der Waals surface area contributed by atoms with Crippen molar-refractivity contribution < 1.29 is 8.81 Å². The van der Waals surface area contributed by atoms with Gasteiger partial charge in [0.2, 0.25) is 0 Å². The van der Waals surface area contributed by atoms with E-state index in [2.05, 4.69) is 10.3 Å². The molecule has 0 aliphatic rings. The predicted octanol–water partition coefficient (Wildman–Crippen LogP) is 1.73. The molecule has 2 aromatic rings. The average molecular weight is 209 g/mol. The van der Waals surface area contributed by atoms with Gasteiger partial charge in [0.1, 0.15) is 5.52 Å². The zero-order valence-electron chi connectivity index (χ0n) is 8.16. The fourth-order valence-electron chi connectivity index (χ4n) is 1.29. The molecular weight excluding hydrogens is 197 g/mol. The first-order valence-electron chi connectivity index (χ1n) is 4.80. The lowest BCUT2D eigenvalue weighted by atomic mass is 10.3. The molecule has 4 nitrogen and oxygen atoms in total. The molecule has 0 fully saturated rings. The van der Waals surface area contributed by atoms with E-state index in [0.717, 1.165) is 6.42 Å². The summed E-state index contributed by atoms with van der Waals surface area (Å²) >= 11 is 0. The molecule has 15 heavy (non-hydrogen) atoms. The maximum absolute atomic E-state index is 13.2. The molecule has 0 radical (unpaired) electrons. The fraction of sp³-hybridized carbons (Fsp3) is 0.300. The van der Waals surface area contributed by atoms with Gasteiger partial charge in [0.15, 0.2) is 11.4 Å².